The number of hydrogen-bond acceptors (Lipinski definition) is 3. The zero-order valence-corrected chi connectivity index (χ0v) is 10.3. The molecule has 0 aliphatic carbocycles. The molecule has 1 heterocycles. The van der Waals surface area contributed by atoms with Crippen molar-refractivity contribution in [3.8, 4) is 0 Å². The van der Waals surface area contributed by atoms with Crippen molar-refractivity contribution in [2.75, 3.05) is 5.32 Å². The van der Waals surface area contributed by atoms with Gasteiger partial charge in [0.15, 0.2) is 4.80 Å². The lowest BCUT2D eigenvalue weighted by atomic mass is 10.2. The molecule has 88 valence electrons. The van der Waals surface area contributed by atoms with E-state index in [0.717, 1.165) is 11.3 Å². The van der Waals surface area contributed by atoms with Crippen LogP contribution in [0, 0.1) is 12.3 Å². The van der Waals surface area contributed by atoms with Crippen LogP contribution in [0.5, 0.6) is 0 Å². The third-order valence-corrected chi connectivity index (χ3v) is 3.05. The van der Waals surface area contributed by atoms with Crippen LogP contribution in [-0.4, -0.2) is 10.5 Å². The standard InChI is InChI=1S/C12H13N3OS/c1-9-2-4-10(5-3-9)14-11(16)8-15-6-7-17-12(15)13/h2-7,13H,8H2,1H3,(H,14,16). The highest BCUT2D eigenvalue weighted by Crippen LogP contribution is 2.08. The fourth-order valence-corrected chi connectivity index (χ4v) is 2.02. The first kappa shape index (κ1) is 11.6. The molecule has 4 nitrogen and oxygen atoms in total. The summed E-state index contributed by atoms with van der Waals surface area (Å²) in [5.74, 6) is -0.120. The Morgan fingerprint density at radius 2 is 2.12 bits per heavy atom. The van der Waals surface area contributed by atoms with Crippen LogP contribution >= 0.6 is 11.3 Å². The predicted octanol–water partition coefficient (Wildman–Crippen LogP) is 1.98. The minimum Gasteiger partial charge on any atom is -0.325 e. The molecule has 1 aromatic carbocycles. The van der Waals surface area contributed by atoms with Crippen LogP contribution in [0.2, 0.25) is 0 Å². The van der Waals surface area contributed by atoms with Crippen molar-refractivity contribution in [3.63, 3.8) is 0 Å². The number of anilines is 1. The van der Waals surface area contributed by atoms with E-state index in [1.807, 2.05) is 31.2 Å². The largest absolute Gasteiger partial charge is 0.325 e. The zero-order chi connectivity index (χ0) is 12.3. The second kappa shape index (κ2) is 4.97. The summed E-state index contributed by atoms with van der Waals surface area (Å²) >= 11 is 1.30. The number of hydrogen-bond donors (Lipinski definition) is 2. The van der Waals surface area contributed by atoms with E-state index in [4.69, 9.17) is 5.41 Å². The second-order valence-corrected chi connectivity index (χ2v) is 4.64. The van der Waals surface area contributed by atoms with Crippen LogP contribution in [0.15, 0.2) is 35.8 Å². The molecular formula is C12H13N3OS. The van der Waals surface area contributed by atoms with Crippen molar-refractivity contribution >= 4 is 22.9 Å². The van der Waals surface area contributed by atoms with Crippen LogP contribution in [0.1, 0.15) is 5.56 Å². The van der Waals surface area contributed by atoms with Crippen molar-refractivity contribution in [3.05, 3.63) is 46.2 Å². The third-order valence-electron chi connectivity index (χ3n) is 2.33. The predicted molar refractivity (Wildman–Crippen MR) is 68.0 cm³/mol. The molecule has 0 aliphatic heterocycles. The highest BCUT2D eigenvalue weighted by Gasteiger charge is 2.03. The summed E-state index contributed by atoms with van der Waals surface area (Å²) in [6.07, 6.45) is 1.74. The summed E-state index contributed by atoms with van der Waals surface area (Å²) in [7, 11) is 0. The highest BCUT2D eigenvalue weighted by molar-refractivity contribution is 7.06. The zero-order valence-electron chi connectivity index (χ0n) is 9.43. The van der Waals surface area contributed by atoms with E-state index in [1.54, 1.807) is 16.1 Å². The number of rotatable bonds is 3. The first-order chi connectivity index (χ1) is 8.15. The van der Waals surface area contributed by atoms with Crippen molar-refractivity contribution in [2.45, 2.75) is 13.5 Å². The lowest BCUT2D eigenvalue weighted by Crippen LogP contribution is -2.23. The van der Waals surface area contributed by atoms with Crippen molar-refractivity contribution in [2.24, 2.45) is 0 Å². The number of carbonyl (C=O) groups excluding carboxylic acids is 1. The number of amides is 1. The van der Waals surface area contributed by atoms with Gasteiger partial charge in [-0.05, 0) is 19.1 Å². The van der Waals surface area contributed by atoms with Crippen LogP contribution in [0.3, 0.4) is 0 Å². The van der Waals surface area contributed by atoms with Gasteiger partial charge in [-0.1, -0.05) is 17.7 Å². The number of aromatic nitrogens is 1. The second-order valence-electron chi connectivity index (χ2n) is 3.75. The molecule has 2 aromatic rings. The SMILES string of the molecule is Cc1ccc(NC(=O)Cn2ccsc2=N)cc1. The van der Waals surface area contributed by atoms with E-state index in [0.29, 0.717) is 4.80 Å². The Bertz CT molecular complexity index is 568. The molecule has 0 bridgehead atoms. The lowest BCUT2D eigenvalue weighted by molar-refractivity contribution is -0.116. The monoisotopic (exact) mass is 247 g/mol. The van der Waals surface area contributed by atoms with Gasteiger partial charge in [-0.25, -0.2) is 0 Å². The van der Waals surface area contributed by atoms with E-state index >= 15 is 0 Å². The van der Waals surface area contributed by atoms with Gasteiger partial charge in [0, 0.05) is 17.3 Å². The molecule has 0 radical (unpaired) electrons. The molecule has 2 N–H and O–H groups in total. The molecule has 0 unspecified atom stereocenters. The van der Waals surface area contributed by atoms with Gasteiger partial charge in [-0.3, -0.25) is 10.2 Å². The van der Waals surface area contributed by atoms with Gasteiger partial charge in [0.2, 0.25) is 5.91 Å². The maximum atomic E-state index is 11.7. The number of nitrogens with one attached hydrogen (secondary N) is 2. The van der Waals surface area contributed by atoms with Crippen LogP contribution in [-0.2, 0) is 11.3 Å². The van der Waals surface area contributed by atoms with Crippen LogP contribution in [0.25, 0.3) is 0 Å². The molecule has 0 spiro atoms. The van der Waals surface area contributed by atoms with E-state index in [-0.39, 0.29) is 12.5 Å². The van der Waals surface area contributed by atoms with Crippen molar-refractivity contribution < 1.29 is 4.79 Å². The molecule has 0 aliphatic rings. The molecule has 0 fully saturated rings. The molecular weight excluding hydrogens is 234 g/mol. The topological polar surface area (TPSA) is 57.9 Å². The average Bonchev–Trinajstić information content (AvgIpc) is 2.68. The third kappa shape index (κ3) is 3.04. The van der Waals surface area contributed by atoms with E-state index < -0.39 is 0 Å². The van der Waals surface area contributed by atoms with E-state index in [2.05, 4.69) is 5.32 Å². The Hall–Kier alpha value is -1.88. The van der Waals surface area contributed by atoms with Gasteiger partial charge in [-0.2, -0.15) is 0 Å². The summed E-state index contributed by atoms with van der Waals surface area (Å²) in [5.41, 5.74) is 1.94. The van der Waals surface area contributed by atoms with Crippen molar-refractivity contribution in [1.29, 1.82) is 5.41 Å². The van der Waals surface area contributed by atoms with Crippen molar-refractivity contribution in [1.82, 2.24) is 4.57 Å². The molecule has 17 heavy (non-hydrogen) atoms. The first-order valence-electron chi connectivity index (χ1n) is 5.20. The molecule has 0 saturated heterocycles. The Morgan fingerprint density at radius 1 is 1.41 bits per heavy atom. The number of nitrogens with zero attached hydrogens (tertiary/aromatic N) is 1. The molecule has 1 aromatic heterocycles. The molecule has 0 atom stereocenters. The molecule has 0 saturated carbocycles. The first-order valence-corrected chi connectivity index (χ1v) is 6.08. The van der Waals surface area contributed by atoms with Gasteiger partial charge in [0.05, 0.1) is 0 Å². The number of thiazole rings is 1. The molecule has 1 amide bonds. The summed E-state index contributed by atoms with van der Waals surface area (Å²) in [4.78, 5) is 12.1. The fraction of sp³-hybridized carbons (Fsp3) is 0.167. The van der Waals surface area contributed by atoms with Gasteiger partial charge in [0.25, 0.3) is 0 Å². The Balaban J connectivity index is 2.00. The van der Waals surface area contributed by atoms with E-state index in [9.17, 15) is 4.79 Å². The quantitative estimate of drug-likeness (QED) is 0.856. The Labute approximate surface area is 103 Å². The van der Waals surface area contributed by atoms with Crippen LogP contribution in [0.4, 0.5) is 5.69 Å². The van der Waals surface area contributed by atoms with E-state index in [1.165, 1.54) is 11.3 Å². The minimum absolute atomic E-state index is 0.120. The smallest absolute Gasteiger partial charge is 0.244 e. The maximum Gasteiger partial charge on any atom is 0.244 e. The molecule has 5 heteroatoms. The highest BCUT2D eigenvalue weighted by atomic mass is 32.1. The number of aryl methyl sites for hydroxylation is 1. The number of carbonyl (C=O) groups is 1. The average molecular weight is 247 g/mol. The number of benzene rings is 1. The van der Waals surface area contributed by atoms with Gasteiger partial charge in [-0.15, -0.1) is 11.3 Å². The summed E-state index contributed by atoms with van der Waals surface area (Å²) in [5, 5.41) is 12.1. The summed E-state index contributed by atoms with van der Waals surface area (Å²) < 4.78 is 1.61. The van der Waals surface area contributed by atoms with Gasteiger partial charge < -0.3 is 9.88 Å². The van der Waals surface area contributed by atoms with Gasteiger partial charge in [0.1, 0.15) is 6.54 Å². The summed E-state index contributed by atoms with van der Waals surface area (Å²) in [6.45, 7) is 2.18. The lowest BCUT2D eigenvalue weighted by Gasteiger charge is -2.06. The van der Waals surface area contributed by atoms with Gasteiger partial charge >= 0.3 is 0 Å². The summed E-state index contributed by atoms with van der Waals surface area (Å²) in [6, 6.07) is 7.63. The van der Waals surface area contributed by atoms with Crippen LogP contribution < -0.4 is 10.1 Å². The minimum atomic E-state index is -0.120. The normalized spacial score (nSPS) is 10.2. The maximum absolute atomic E-state index is 11.7. The Morgan fingerprint density at radius 3 is 2.71 bits per heavy atom. The Kier molecular flexibility index (Phi) is 3.39. The molecule has 2 rings (SSSR count). The fourth-order valence-electron chi connectivity index (χ4n) is 1.42.